The van der Waals surface area contributed by atoms with Gasteiger partial charge in [0.05, 0.1) is 13.2 Å². The van der Waals surface area contributed by atoms with Crippen molar-refractivity contribution >= 4 is 23.5 Å². The van der Waals surface area contributed by atoms with Crippen molar-refractivity contribution in [1.29, 1.82) is 10.8 Å². The van der Waals surface area contributed by atoms with Gasteiger partial charge in [-0.05, 0) is 55.0 Å². The Bertz CT molecular complexity index is 1010. The van der Waals surface area contributed by atoms with Crippen LogP contribution in [-0.4, -0.2) is 72.7 Å². The number of ether oxygens (including phenoxy) is 2. The van der Waals surface area contributed by atoms with Crippen molar-refractivity contribution in [2.75, 3.05) is 39.4 Å². The standard InChI is InChI=1S/C23H28N6O4/c24-20(25)16-2-6-18(7-3-16)32-14-1-10-28-11-12-29(23(31)22(28)30)13-15-33-19-8-4-17(5-9-19)21(26)27/h2-9H,1,10-15H2,(H3,24,25)(H3,26,27). The molecule has 2 amide bonds. The second kappa shape index (κ2) is 11.0. The molecule has 10 nitrogen and oxygen atoms in total. The van der Waals surface area contributed by atoms with E-state index in [4.69, 9.17) is 31.8 Å². The molecule has 3 rings (SSSR count). The number of benzene rings is 2. The van der Waals surface area contributed by atoms with Crippen molar-refractivity contribution in [3.63, 3.8) is 0 Å². The molecule has 1 aliphatic heterocycles. The van der Waals surface area contributed by atoms with Crippen LogP contribution in [0.15, 0.2) is 48.5 Å². The minimum atomic E-state index is -0.530. The van der Waals surface area contributed by atoms with Gasteiger partial charge in [-0.1, -0.05) is 0 Å². The minimum absolute atomic E-state index is 0.00115. The lowest BCUT2D eigenvalue weighted by molar-refractivity contribution is -0.156. The number of amidine groups is 2. The van der Waals surface area contributed by atoms with E-state index < -0.39 is 11.8 Å². The van der Waals surface area contributed by atoms with E-state index in [1.807, 2.05) is 0 Å². The SMILES string of the molecule is N=C(N)c1ccc(OCCCN2CCN(CCOc3ccc(C(=N)N)cc3)C(=O)C2=O)cc1. The van der Waals surface area contributed by atoms with E-state index in [1.54, 1.807) is 53.4 Å². The van der Waals surface area contributed by atoms with Crippen LogP contribution in [0, 0.1) is 10.8 Å². The first-order valence-corrected chi connectivity index (χ1v) is 10.6. The number of nitrogens with zero attached hydrogens (tertiary/aromatic N) is 2. The molecule has 1 aliphatic rings. The summed E-state index contributed by atoms with van der Waals surface area (Å²) < 4.78 is 11.3. The van der Waals surface area contributed by atoms with Gasteiger partial charge in [0.25, 0.3) is 0 Å². The average molecular weight is 453 g/mol. The van der Waals surface area contributed by atoms with Crippen LogP contribution in [0.1, 0.15) is 17.5 Å². The Morgan fingerprint density at radius 3 is 1.61 bits per heavy atom. The summed E-state index contributed by atoms with van der Waals surface area (Å²) in [6.07, 6.45) is 0.590. The van der Waals surface area contributed by atoms with Gasteiger partial charge in [0.15, 0.2) is 0 Å². The zero-order valence-electron chi connectivity index (χ0n) is 18.3. The molecule has 0 unspecified atom stereocenters. The Labute approximate surface area is 192 Å². The molecular weight excluding hydrogens is 424 g/mol. The molecule has 33 heavy (non-hydrogen) atoms. The molecule has 0 aromatic heterocycles. The van der Waals surface area contributed by atoms with E-state index in [0.29, 0.717) is 61.8 Å². The van der Waals surface area contributed by atoms with E-state index in [-0.39, 0.29) is 18.3 Å². The first-order valence-electron chi connectivity index (χ1n) is 10.6. The zero-order chi connectivity index (χ0) is 23.8. The molecule has 0 atom stereocenters. The smallest absolute Gasteiger partial charge is 0.312 e. The number of carbonyl (C=O) groups excluding carboxylic acids is 2. The molecule has 174 valence electrons. The molecule has 0 radical (unpaired) electrons. The molecule has 1 heterocycles. The topological polar surface area (TPSA) is 159 Å². The van der Waals surface area contributed by atoms with Gasteiger partial charge in [0.2, 0.25) is 0 Å². The Morgan fingerprint density at radius 2 is 1.15 bits per heavy atom. The van der Waals surface area contributed by atoms with E-state index in [1.165, 1.54) is 4.90 Å². The maximum atomic E-state index is 12.4. The number of hydrogen-bond acceptors (Lipinski definition) is 6. The van der Waals surface area contributed by atoms with Crippen molar-refractivity contribution in [2.45, 2.75) is 6.42 Å². The second-order valence-electron chi connectivity index (χ2n) is 7.51. The molecule has 1 saturated heterocycles. The summed E-state index contributed by atoms with van der Waals surface area (Å²) in [5.41, 5.74) is 12.1. The summed E-state index contributed by atoms with van der Waals surface area (Å²) in [5, 5.41) is 14.8. The van der Waals surface area contributed by atoms with Crippen LogP contribution in [0.3, 0.4) is 0 Å². The molecule has 10 heteroatoms. The largest absolute Gasteiger partial charge is 0.494 e. The van der Waals surface area contributed by atoms with Crippen LogP contribution in [-0.2, 0) is 9.59 Å². The summed E-state index contributed by atoms with van der Waals surface area (Å²) in [6, 6.07) is 13.7. The van der Waals surface area contributed by atoms with Crippen LogP contribution in [0.4, 0.5) is 0 Å². The lowest BCUT2D eigenvalue weighted by Gasteiger charge is -2.33. The predicted octanol–water partition coefficient (Wildman–Crippen LogP) is 0.773. The van der Waals surface area contributed by atoms with E-state index in [2.05, 4.69) is 0 Å². The van der Waals surface area contributed by atoms with Crippen LogP contribution in [0.25, 0.3) is 0 Å². The van der Waals surface area contributed by atoms with Gasteiger partial charge < -0.3 is 30.7 Å². The molecule has 2 aromatic rings. The highest BCUT2D eigenvalue weighted by Gasteiger charge is 2.31. The number of carbonyl (C=O) groups is 2. The molecule has 1 fully saturated rings. The number of nitrogens with one attached hydrogen (secondary N) is 2. The van der Waals surface area contributed by atoms with Gasteiger partial charge in [-0.2, -0.15) is 0 Å². The van der Waals surface area contributed by atoms with E-state index >= 15 is 0 Å². The third-order valence-electron chi connectivity index (χ3n) is 5.20. The first-order chi connectivity index (χ1) is 15.8. The highest BCUT2D eigenvalue weighted by atomic mass is 16.5. The molecule has 0 spiro atoms. The predicted molar refractivity (Wildman–Crippen MR) is 124 cm³/mol. The number of nitrogen functional groups attached to an aromatic ring is 2. The van der Waals surface area contributed by atoms with Crippen LogP contribution in [0.5, 0.6) is 11.5 Å². The Kier molecular flexibility index (Phi) is 7.85. The molecular formula is C23H28N6O4. The molecule has 2 aromatic carbocycles. The maximum Gasteiger partial charge on any atom is 0.312 e. The van der Waals surface area contributed by atoms with Crippen molar-refractivity contribution in [2.24, 2.45) is 11.5 Å². The Balaban J connectivity index is 1.36. The van der Waals surface area contributed by atoms with Crippen LogP contribution in [0.2, 0.25) is 0 Å². The molecule has 0 saturated carbocycles. The number of nitrogens with two attached hydrogens (primary N) is 2. The maximum absolute atomic E-state index is 12.4. The molecule has 0 aliphatic carbocycles. The van der Waals surface area contributed by atoms with Gasteiger partial charge in [-0.25, -0.2) is 0 Å². The fraction of sp³-hybridized carbons (Fsp3) is 0.304. The number of amides is 2. The summed E-state index contributed by atoms with van der Waals surface area (Å²) in [7, 11) is 0. The fourth-order valence-electron chi connectivity index (χ4n) is 3.32. The Hall–Kier alpha value is -4.08. The summed E-state index contributed by atoms with van der Waals surface area (Å²) >= 11 is 0. The number of piperazine rings is 1. The van der Waals surface area contributed by atoms with Gasteiger partial charge in [0, 0.05) is 30.8 Å². The van der Waals surface area contributed by atoms with Crippen molar-refractivity contribution < 1.29 is 19.1 Å². The Morgan fingerprint density at radius 1 is 0.727 bits per heavy atom. The van der Waals surface area contributed by atoms with Crippen molar-refractivity contribution in [3.8, 4) is 11.5 Å². The highest BCUT2D eigenvalue weighted by Crippen LogP contribution is 2.14. The summed E-state index contributed by atoms with van der Waals surface area (Å²) in [5.74, 6) is 0.198. The van der Waals surface area contributed by atoms with E-state index in [0.717, 1.165) is 0 Å². The molecule has 6 N–H and O–H groups in total. The van der Waals surface area contributed by atoms with Gasteiger partial charge in [-0.3, -0.25) is 20.4 Å². The van der Waals surface area contributed by atoms with Crippen molar-refractivity contribution in [1.82, 2.24) is 9.80 Å². The van der Waals surface area contributed by atoms with Gasteiger partial charge in [-0.15, -0.1) is 0 Å². The monoisotopic (exact) mass is 452 g/mol. The first kappa shape index (κ1) is 23.6. The second-order valence-corrected chi connectivity index (χ2v) is 7.51. The third-order valence-corrected chi connectivity index (χ3v) is 5.20. The normalized spacial score (nSPS) is 13.7. The summed E-state index contributed by atoms with van der Waals surface area (Å²) in [4.78, 5) is 27.9. The fourth-order valence-corrected chi connectivity index (χ4v) is 3.32. The highest BCUT2D eigenvalue weighted by molar-refractivity contribution is 6.35. The molecule has 0 bridgehead atoms. The third kappa shape index (κ3) is 6.45. The van der Waals surface area contributed by atoms with Crippen LogP contribution < -0.4 is 20.9 Å². The van der Waals surface area contributed by atoms with Crippen LogP contribution >= 0.6 is 0 Å². The minimum Gasteiger partial charge on any atom is -0.494 e. The number of rotatable bonds is 11. The quantitative estimate of drug-likeness (QED) is 0.171. The van der Waals surface area contributed by atoms with Gasteiger partial charge in [0.1, 0.15) is 29.8 Å². The van der Waals surface area contributed by atoms with Crippen molar-refractivity contribution in [3.05, 3.63) is 59.7 Å². The van der Waals surface area contributed by atoms with E-state index in [9.17, 15) is 9.59 Å². The zero-order valence-corrected chi connectivity index (χ0v) is 18.3. The summed E-state index contributed by atoms with van der Waals surface area (Å²) in [6.45, 7) is 2.32. The number of hydrogen-bond donors (Lipinski definition) is 4. The lowest BCUT2D eigenvalue weighted by Crippen LogP contribution is -2.55. The average Bonchev–Trinajstić information content (AvgIpc) is 2.81. The lowest BCUT2D eigenvalue weighted by atomic mass is 10.2. The van der Waals surface area contributed by atoms with Gasteiger partial charge >= 0.3 is 11.8 Å².